The van der Waals surface area contributed by atoms with Crippen molar-refractivity contribution in [3.63, 3.8) is 0 Å². The molecule has 10 nitrogen and oxygen atoms in total. The first-order valence-corrected chi connectivity index (χ1v) is 15.5. The number of sulfonamides is 1. The van der Waals surface area contributed by atoms with E-state index in [4.69, 9.17) is 16.4 Å². The van der Waals surface area contributed by atoms with Gasteiger partial charge in [-0.25, -0.2) is 22.4 Å². The SMILES string of the molecule is N=S1(=O)CCCCNc2nc(ncc2N2CCN(S(=O)(=O)c3cccc(Cl)c3)CC2)Nc2cccc1c2. The third kappa shape index (κ3) is 5.66. The van der Waals surface area contributed by atoms with Crippen LogP contribution in [0.3, 0.4) is 0 Å². The van der Waals surface area contributed by atoms with Gasteiger partial charge in [-0.1, -0.05) is 23.7 Å². The Balaban J connectivity index is 1.36. The molecular weight excluding hydrogens is 534 g/mol. The molecule has 1 unspecified atom stereocenters. The predicted molar refractivity (Wildman–Crippen MR) is 146 cm³/mol. The van der Waals surface area contributed by atoms with E-state index in [0.29, 0.717) is 66.5 Å². The zero-order chi connectivity index (χ0) is 26.0. The van der Waals surface area contributed by atoms with Crippen molar-refractivity contribution in [3.8, 4) is 0 Å². The van der Waals surface area contributed by atoms with Gasteiger partial charge in [0, 0.05) is 54.1 Å². The van der Waals surface area contributed by atoms with Crippen molar-refractivity contribution in [1.29, 1.82) is 4.78 Å². The highest BCUT2D eigenvalue weighted by molar-refractivity contribution is 7.92. The lowest BCUT2D eigenvalue weighted by atomic mass is 10.3. The summed E-state index contributed by atoms with van der Waals surface area (Å²) in [6.07, 6.45) is 3.10. The van der Waals surface area contributed by atoms with Gasteiger partial charge in [-0.05, 0) is 49.2 Å². The fourth-order valence-electron chi connectivity index (χ4n) is 4.41. The Labute approximate surface area is 222 Å². The fraction of sp³-hybridized carbons (Fsp3) is 0.333. The number of piperazine rings is 1. The molecule has 1 atom stereocenters. The van der Waals surface area contributed by atoms with Gasteiger partial charge in [-0.2, -0.15) is 9.29 Å². The van der Waals surface area contributed by atoms with E-state index in [1.54, 1.807) is 42.6 Å². The average Bonchev–Trinajstić information content (AvgIpc) is 2.89. The summed E-state index contributed by atoms with van der Waals surface area (Å²) in [5.41, 5.74) is 1.45. The Morgan fingerprint density at radius 3 is 2.59 bits per heavy atom. The smallest absolute Gasteiger partial charge is 0.243 e. The summed E-state index contributed by atoms with van der Waals surface area (Å²) in [5, 5.41) is 6.90. The number of rotatable bonds is 3. The summed E-state index contributed by atoms with van der Waals surface area (Å²) in [6, 6.07) is 13.3. The van der Waals surface area contributed by atoms with E-state index in [1.807, 2.05) is 6.07 Å². The minimum Gasteiger partial charge on any atom is -0.368 e. The molecule has 196 valence electrons. The van der Waals surface area contributed by atoms with Crippen molar-refractivity contribution in [2.24, 2.45) is 0 Å². The van der Waals surface area contributed by atoms with E-state index < -0.39 is 19.8 Å². The van der Waals surface area contributed by atoms with Crippen molar-refractivity contribution < 1.29 is 12.6 Å². The van der Waals surface area contributed by atoms with Crippen molar-refractivity contribution in [3.05, 3.63) is 59.8 Å². The molecule has 5 rings (SSSR count). The third-order valence-electron chi connectivity index (χ3n) is 6.40. The van der Waals surface area contributed by atoms with Crippen molar-refractivity contribution >= 4 is 54.5 Å². The van der Waals surface area contributed by atoms with E-state index in [2.05, 4.69) is 25.5 Å². The minimum atomic E-state index is -3.64. The molecule has 2 aliphatic heterocycles. The number of halogens is 1. The first kappa shape index (κ1) is 25.7. The Hall–Kier alpha value is -2.93. The Kier molecular flexibility index (Phi) is 7.26. The number of benzene rings is 2. The molecule has 0 spiro atoms. The molecule has 0 saturated carbocycles. The topological polar surface area (TPSA) is 131 Å². The maximum atomic E-state index is 13.1. The molecule has 0 amide bonds. The summed E-state index contributed by atoms with van der Waals surface area (Å²) >= 11 is 6.01. The molecule has 3 heterocycles. The number of nitrogens with zero attached hydrogens (tertiary/aromatic N) is 4. The van der Waals surface area contributed by atoms with Crippen LogP contribution in [0.2, 0.25) is 5.02 Å². The number of nitrogens with one attached hydrogen (secondary N) is 3. The second-order valence-corrected chi connectivity index (χ2v) is 13.5. The molecule has 13 heteroatoms. The van der Waals surface area contributed by atoms with Crippen LogP contribution in [0, 0.1) is 4.78 Å². The first-order chi connectivity index (χ1) is 17.7. The van der Waals surface area contributed by atoms with Crippen LogP contribution in [-0.2, 0) is 19.8 Å². The van der Waals surface area contributed by atoms with E-state index in [1.165, 1.54) is 10.4 Å². The lowest BCUT2D eigenvalue weighted by Gasteiger charge is -2.35. The molecule has 1 saturated heterocycles. The third-order valence-corrected chi connectivity index (χ3v) is 10.4. The number of hydrogen-bond donors (Lipinski definition) is 3. The van der Waals surface area contributed by atoms with Crippen LogP contribution in [-0.4, -0.2) is 65.4 Å². The lowest BCUT2D eigenvalue weighted by Crippen LogP contribution is -2.48. The lowest BCUT2D eigenvalue weighted by molar-refractivity contribution is 0.385. The highest BCUT2D eigenvalue weighted by Gasteiger charge is 2.30. The van der Waals surface area contributed by atoms with Gasteiger partial charge in [0.1, 0.15) is 0 Å². The van der Waals surface area contributed by atoms with Crippen LogP contribution in [0.15, 0.2) is 64.5 Å². The molecule has 2 aromatic carbocycles. The molecule has 2 aliphatic rings. The maximum Gasteiger partial charge on any atom is 0.243 e. The summed E-state index contributed by atoms with van der Waals surface area (Å²) < 4.78 is 48.9. The van der Waals surface area contributed by atoms with Gasteiger partial charge in [0.25, 0.3) is 0 Å². The van der Waals surface area contributed by atoms with E-state index in [0.717, 1.165) is 12.1 Å². The van der Waals surface area contributed by atoms with E-state index >= 15 is 0 Å². The second kappa shape index (κ2) is 10.4. The molecule has 37 heavy (non-hydrogen) atoms. The number of aromatic nitrogens is 2. The van der Waals surface area contributed by atoms with Gasteiger partial charge in [0.05, 0.1) is 26.5 Å². The quantitative estimate of drug-likeness (QED) is 0.437. The second-order valence-electron chi connectivity index (χ2n) is 8.94. The van der Waals surface area contributed by atoms with Crippen molar-refractivity contribution in [2.75, 3.05) is 54.0 Å². The normalized spacial score (nSPS) is 21.1. The molecule has 3 N–H and O–H groups in total. The van der Waals surface area contributed by atoms with Crippen LogP contribution in [0.4, 0.5) is 23.1 Å². The summed E-state index contributed by atoms with van der Waals surface area (Å²) in [5.74, 6) is 1.31. The Morgan fingerprint density at radius 2 is 1.81 bits per heavy atom. The van der Waals surface area contributed by atoms with Gasteiger partial charge in [0.15, 0.2) is 5.82 Å². The number of hydrogen-bond acceptors (Lipinski definition) is 9. The molecule has 4 bridgehead atoms. The fourth-order valence-corrected chi connectivity index (χ4v) is 7.59. The molecule has 3 aromatic rings. The van der Waals surface area contributed by atoms with Crippen LogP contribution < -0.4 is 15.5 Å². The standard InChI is InChI=1S/C24H28ClN7O3S2/c25-18-5-3-8-21(15-18)37(34,35)32-12-10-31(11-13-32)22-17-28-24-29-19-6-4-7-20(16-19)36(26,33)14-2-1-9-27-23(22)30-24/h3-8,15-17,26H,1-2,9-14H2,(H2,27,28,29,30). The zero-order valence-corrected chi connectivity index (χ0v) is 22.4. The largest absolute Gasteiger partial charge is 0.368 e. The van der Waals surface area contributed by atoms with Gasteiger partial charge >= 0.3 is 0 Å². The van der Waals surface area contributed by atoms with Gasteiger partial charge in [-0.15, -0.1) is 0 Å². The molecule has 0 aliphatic carbocycles. The highest BCUT2D eigenvalue weighted by Crippen LogP contribution is 2.29. The number of fused-ring (bicyclic) bond motifs is 4. The first-order valence-electron chi connectivity index (χ1n) is 12.0. The minimum absolute atomic E-state index is 0.188. The predicted octanol–water partition coefficient (Wildman–Crippen LogP) is 4.00. The Bertz CT molecular complexity index is 1510. The molecule has 1 aromatic heterocycles. The molecule has 1 fully saturated rings. The summed E-state index contributed by atoms with van der Waals surface area (Å²) in [6.45, 7) is 2.19. The van der Waals surface area contributed by atoms with Crippen LogP contribution in [0.1, 0.15) is 12.8 Å². The average molecular weight is 562 g/mol. The van der Waals surface area contributed by atoms with Gasteiger partial charge in [0.2, 0.25) is 16.0 Å². The highest BCUT2D eigenvalue weighted by atomic mass is 35.5. The molecular formula is C24H28ClN7O3S2. The van der Waals surface area contributed by atoms with Crippen LogP contribution >= 0.6 is 11.6 Å². The van der Waals surface area contributed by atoms with E-state index in [9.17, 15) is 12.6 Å². The van der Waals surface area contributed by atoms with Crippen molar-refractivity contribution in [2.45, 2.75) is 22.6 Å². The van der Waals surface area contributed by atoms with Crippen molar-refractivity contribution in [1.82, 2.24) is 14.3 Å². The summed E-state index contributed by atoms with van der Waals surface area (Å²) in [7, 11) is -6.52. The molecule has 0 radical (unpaired) electrons. The Morgan fingerprint density at radius 1 is 1.03 bits per heavy atom. The van der Waals surface area contributed by atoms with Gasteiger partial charge in [-0.3, -0.25) is 0 Å². The monoisotopic (exact) mass is 561 g/mol. The van der Waals surface area contributed by atoms with Gasteiger partial charge < -0.3 is 15.5 Å². The number of anilines is 4. The van der Waals surface area contributed by atoms with Crippen LogP contribution in [0.25, 0.3) is 0 Å². The van der Waals surface area contributed by atoms with Crippen LogP contribution in [0.5, 0.6) is 0 Å². The zero-order valence-electron chi connectivity index (χ0n) is 20.1. The van der Waals surface area contributed by atoms with E-state index in [-0.39, 0.29) is 10.6 Å². The maximum absolute atomic E-state index is 13.1. The summed E-state index contributed by atoms with van der Waals surface area (Å²) in [4.78, 5) is 11.9.